The van der Waals surface area contributed by atoms with E-state index in [-0.39, 0.29) is 11.9 Å². The van der Waals surface area contributed by atoms with Gasteiger partial charge >= 0.3 is 0 Å². The van der Waals surface area contributed by atoms with Crippen molar-refractivity contribution in [2.45, 2.75) is 65.1 Å². The fourth-order valence-electron chi connectivity index (χ4n) is 3.57. The molecule has 1 saturated heterocycles. The lowest BCUT2D eigenvalue weighted by atomic mass is 9.92. The van der Waals surface area contributed by atoms with Crippen molar-refractivity contribution >= 4 is 5.91 Å². The van der Waals surface area contributed by atoms with Crippen molar-refractivity contribution in [1.29, 1.82) is 0 Å². The number of carbonyl (C=O) groups excluding carboxylic acids is 1. The number of hydrogen-bond acceptors (Lipinski definition) is 2. The SMILES string of the molecule is CCCC1C(CC(=O)NC(C)C)CCN1Cc1ccccc1. The van der Waals surface area contributed by atoms with E-state index in [1.807, 2.05) is 13.8 Å². The smallest absolute Gasteiger partial charge is 0.220 e. The van der Waals surface area contributed by atoms with Crippen LogP contribution in [0.1, 0.15) is 52.0 Å². The summed E-state index contributed by atoms with van der Waals surface area (Å²) in [5, 5.41) is 3.04. The summed E-state index contributed by atoms with van der Waals surface area (Å²) in [6, 6.07) is 11.4. The molecule has 3 heteroatoms. The molecule has 22 heavy (non-hydrogen) atoms. The number of rotatable bonds is 7. The van der Waals surface area contributed by atoms with Gasteiger partial charge < -0.3 is 5.32 Å². The van der Waals surface area contributed by atoms with Crippen LogP contribution in [-0.4, -0.2) is 29.4 Å². The van der Waals surface area contributed by atoms with E-state index in [0.29, 0.717) is 18.4 Å². The average molecular weight is 302 g/mol. The highest BCUT2D eigenvalue weighted by Gasteiger charge is 2.34. The molecule has 1 aromatic rings. The number of carbonyl (C=O) groups is 1. The van der Waals surface area contributed by atoms with Crippen molar-refractivity contribution in [3.63, 3.8) is 0 Å². The van der Waals surface area contributed by atoms with Gasteiger partial charge in [0.15, 0.2) is 0 Å². The van der Waals surface area contributed by atoms with Gasteiger partial charge in [-0.05, 0) is 44.7 Å². The molecule has 122 valence electrons. The van der Waals surface area contributed by atoms with Gasteiger partial charge in [-0.15, -0.1) is 0 Å². The third-order valence-corrected chi connectivity index (χ3v) is 4.51. The number of amides is 1. The maximum absolute atomic E-state index is 12.1. The Morgan fingerprint density at radius 1 is 1.32 bits per heavy atom. The molecule has 0 aromatic heterocycles. The van der Waals surface area contributed by atoms with E-state index in [2.05, 4.69) is 47.5 Å². The summed E-state index contributed by atoms with van der Waals surface area (Å²) in [4.78, 5) is 14.7. The summed E-state index contributed by atoms with van der Waals surface area (Å²) < 4.78 is 0. The largest absolute Gasteiger partial charge is 0.354 e. The first-order chi connectivity index (χ1) is 10.6. The van der Waals surface area contributed by atoms with Crippen LogP contribution in [-0.2, 0) is 11.3 Å². The second kappa shape index (κ2) is 8.33. The Hall–Kier alpha value is -1.35. The molecule has 1 fully saturated rings. The van der Waals surface area contributed by atoms with Crippen LogP contribution in [0.4, 0.5) is 0 Å². The molecule has 1 N–H and O–H groups in total. The monoisotopic (exact) mass is 302 g/mol. The van der Waals surface area contributed by atoms with Crippen LogP contribution in [0.3, 0.4) is 0 Å². The van der Waals surface area contributed by atoms with Gasteiger partial charge in [0, 0.05) is 25.0 Å². The van der Waals surface area contributed by atoms with E-state index in [9.17, 15) is 4.79 Å². The van der Waals surface area contributed by atoms with Crippen LogP contribution in [0.5, 0.6) is 0 Å². The highest BCUT2D eigenvalue weighted by Crippen LogP contribution is 2.31. The summed E-state index contributed by atoms with van der Waals surface area (Å²) in [5.74, 6) is 0.713. The zero-order chi connectivity index (χ0) is 15.9. The molecular formula is C19H30N2O. The number of hydrogen-bond donors (Lipinski definition) is 1. The van der Waals surface area contributed by atoms with E-state index in [1.54, 1.807) is 0 Å². The van der Waals surface area contributed by atoms with E-state index >= 15 is 0 Å². The Morgan fingerprint density at radius 2 is 2.05 bits per heavy atom. The van der Waals surface area contributed by atoms with Crippen molar-refractivity contribution in [3.05, 3.63) is 35.9 Å². The minimum atomic E-state index is 0.211. The topological polar surface area (TPSA) is 32.3 Å². The average Bonchev–Trinajstić information content (AvgIpc) is 2.82. The van der Waals surface area contributed by atoms with Gasteiger partial charge in [-0.1, -0.05) is 43.7 Å². The van der Waals surface area contributed by atoms with Crippen molar-refractivity contribution in [1.82, 2.24) is 10.2 Å². The number of likely N-dealkylation sites (tertiary alicyclic amines) is 1. The summed E-state index contributed by atoms with van der Waals surface area (Å²) in [5.41, 5.74) is 1.37. The molecule has 1 aromatic carbocycles. The van der Waals surface area contributed by atoms with Gasteiger partial charge in [-0.2, -0.15) is 0 Å². The Bertz CT molecular complexity index is 458. The number of nitrogens with zero attached hydrogens (tertiary/aromatic N) is 1. The zero-order valence-electron chi connectivity index (χ0n) is 14.2. The highest BCUT2D eigenvalue weighted by atomic mass is 16.1. The van der Waals surface area contributed by atoms with Crippen molar-refractivity contribution in [3.8, 4) is 0 Å². The van der Waals surface area contributed by atoms with Crippen molar-refractivity contribution in [2.75, 3.05) is 6.54 Å². The summed E-state index contributed by atoms with van der Waals surface area (Å²) >= 11 is 0. The highest BCUT2D eigenvalue weighted by molar-refractivity contribution is 5.76. The van der Waals surface area contributed by atoms with Gasteiger partial charge in [0.05, 0.1) is 0 Å². The molecule has 0 aliphatic carbocycles. The normalized spacial score (nSPS) is 22.2. The summed E-state index contributed by atoms with van der Waals surface area (Å²) in [6.45, 7) is 8.41. The van der Waals surface area contributed by atoms with E-state index in [4.69, 9.17) is 0 Å². The van der Waals surface area contributed by atoms with Crippen molar-refractivity contribution in [2.24, 2.45) is 5.92 Å². The quantitative estimate of drug-likeness (QED) is 0.835. The minimum Gasteiger partial charge on any atom is -0.354 e. The van der Waals surface area contributed by atoms with Crippen LogP contribution < -0.4 is 5.32 Å². The molecular weight excluding hydrogens is 272 g/mol. The van der Waals surface area contributed by atoms with E-state index in [1.165, 1.54) is 18.4 Å². The lowest BCUT2D eigenvalue weighted by Crippen LogP contribution is -2.36. The molecule has 1 aliphatic heterocycles. The molecule has 2 rings (SSSR count). The van der Waals surface area contributed by atoms with E-state index < -0.39 is 0 Å². The molecule has 2 atom stereocenters. The molecule has 0 saturated carbocycles. The van der Waals surface area contributed by atoms with Gasteiger partial charge in [-0.25, -0.2) is 0 Å². The zero-order valence-corrected chi connectivity index (χ0v) is 14.2. The molecule has 1 amide bonds. The molecule has 0 bridgehead atoms. The molecule has 3 nitrogen and oxygen atoms in total. The third kappa shape index (κ3) is 4.84. The van der Waals surface area contributed by atoms with Gasteiger partial charge in [0.2, 0.25) is 5.91 Å². The molecule has 0 spiro atoms. The summed E-state index contributed by atoms with van der Waals surface area (Å²) in [6.07, 6.45) is 4.18. The lowest BCUT2D eigenvalue weighted by Gasteiger charge is -2.28. The lowest BCUT2D eigenvalue weighted by molar-refractivity contribution is -0.122. The molecule has 1 heterocycles. The maximum atomic E-state index is 12.1. The Labute approximate surface area is 135 Å². The van der Waals surface area contributed by atoms with Crippen LogP contribution in [0, 0.1) is 5.92 Å². The molecule has 2 unspecified atom stereocenters. The first-order valence-electron chi connectivity index (χ1n) is 8.67. The second-order valence-corrected chi connectivity index (χ2v) is 6.79. The minimum absolute atomic E-state index is 0.211. The summed E-state index contributed by atoms with van der Waals surface area (Å²) in [7, 11) is 0. The standard InChI is InChI=1S/C19H30N2O/c1-4-8-18-17(13-19(22)20-15(2)3)11-12-21(18)14-16-9-6-5-7-10-16/h5-7,9-10,15,17-18H,4,8,11-14H2,1-3H3,(H,20,22). The molecule has 1 aliphatic rings. The first-order valence-corrected chi connectivity index (χ1v) is 8.67. The van der Waals surface area contributed by atoms with Gasteiger partial charge in [-0.3, -0.25) is 9.69 Å². The van der Waals surface area contributed by atoms with Crippen LogP contribution in [0.25, 0.3) is 0 Å². The fraction of sp³-hybridized carbons (Fsp3) is 0.632. The Kier molecular flexibility index (Phi) is 6.44. The first kappa shape index (κ1) is 17.0. The third-order valence-electron chi connectivity index (χ3n) is 4.51. The van der Waals surface area contributed by atoms with Crippen LogP contribution >= 0.6 is 0 Å². The van der Waals surface area contributed by atoms with E-state index in [0.717, 1.165) is 19.5 Å². The van der Waals surface area contributed by atoms with Crippen molar-refractivity contribution < 1.29 is 4.79 Å². The predicted octanol–water partition coefficient (Wildman–Crippen LogP) is 3.59. The molecule has 0 radical (unpaired) electrons. The van der Waals surface area contributed by atoms with Gasteiger partial charge in [0.1, 0.15) is 0 Å². The van der Waals surface area contributed by atoms with Crippen LogP contribution in [0.15, 0.2) is 30.3 Å². The number of benzene rings is 1. The fourth-order valence-corrected chi connectivity index (χ4v) is 3.57. The van der Waals surface area contributed by atoms with Gasteiger partial charge in [0.25, 0.3) is 0 Å². The van der Waals surface area contributed by atoms with Crippen LogP contribution in [0.2, 0.25) is 0 Å². The number of nitrogens with one attached hydrogen (secondary N) is 1. The Morgan fingerprint density at radius 3 is 2.68 bits per heavy atom. The second-order valence-electron chi connectivity index (χ2n) is 6.79. The predicted molar refractivity (Wildman–Crippen MR) is 91.6 cm³/mol. The maximum Gasteiger partial charge on any atom is 0.220 e. The Balaban J connectivity index is 1.96.